The van der Waals surface area contributed by atoms with Gasteiger partial charge in [0.25, 0.3) is 0 Å². The summed E-state index contributed by atoms with van der Waals surface area (Å²) in [5.41, 5.74) is -1.31. The van der Waals surface area contributed by atoms with Gasteiger partial charge in [0.2, 0.25) is 0 Å². The summed E-state index contributed by atoms with van der Waals surface area (Å²) in [6.07, 6.45) is -5.54. The van der Waals surface area contributed by atoms with E-state index in [0.29, 0.717) is 0 Å². The molecule has 3 rings (SSSR count). The lowest BCUT2D eigenvalue weighted by atomic mass is 9.61. The Balaban J connectivity index is 1.85. The second kappa shape index (κ2) is 7.90. The Morgan fingerprint density at radius 1 is 1.14 bits per heavy atom. The fourth-order valence-electron chi connectivity index (χ4n) is 4.87. The topological polar surface area (TPSA) is 149 Å². The molecule has 0 aromatic rings. The summed E-state index contributed by atoms with van der Waals surface area (Å²) in [4.78, 5) is 0. The molecular weight excluding hydrogens is 372 g/mol. The lowest BCUT2D eigenvalue weighted by Crippen LogP contribution is -2.63. The van der Waals surface area contributed by atoms with Crippen LogP contribution >= 0.6 is 0 Å². The quantitative estimate of drug-likeness (QED) is 0.294. The number of hydrogen-bond donors (Lipinski definition) is 6. The molecule has 0 radical (unpaired) electrons. The van der Waals surface area contributed by atoms with Crippen LogP contribution in [-0.2, 0) is 14.2 Å². The molecule has 1 saturated carbocycles. The third kappa shape index (κ3) is 3.64. The highest BCUT2D eigenvalue weighted by Gasteiger charge is 2.63. The summed E-state index contributed by atoms with van der Waals surface area (Å²) >= 11 is 0. The van der Waals surface area contributed by atoms with E-state index in [4.69, 9.17) is 14.2 Å². The van der Waals surface area contributed by atoms with Crippen LogP contribution in [0, 0.1) is 11.3 Å². The maximum absolute atomic E-state index is 10.8. The molecule has 2 bridgehead atoms. The van der Waals surface area contributed by atoms with Crippen LogP contribution in [0.15, 0.2) is 12.2 Å². The smallest absolute Gasteiger partial charge is 0.187 e. The van der Waals surface area contributed by atoms with Crippen LogP contribution in [0.25, 0.3) is 0 Å². The first-order valence-corrected chi connectivity index (χ1v) is 9.68. The number of aliphatic hydroxyl groups excluding tert-OH is 6. The maximum Gasteiger partial charge on any atom is 0.187 e. The molecule has 9 nitrogen and oxygen atoms in total. The van der Waals surface area contributed by atoms with E-state index in [1.807, 2.05) is 19.9 Å². The van der Waals surface area contributed by atoms with Crippen molar-refractivity contribution in [2.45, 2.75) is 81.8 Å². The van der Waals surface area contributed by atoms with Gasteiger partial charge in [-0.25, -0.2) is 0 Å². The van der Waals surface area contributed by atoms with Crippen molar-refractivity contribution >= 4 is 0 Å². The van der Waals surface area contributed by atoms with Gasteiger partial charge >= 0.3 is 0 Å². The van der Waals surface area contributed by atoms with Gasteiger partial charge in [-0.15, -0.1) is 0 Å². The Bertz CT molecular complexity index is 582. The Hall–Kier alpha value is -0.620. The molecular formula is C19H32O9. The summed E-state index contributed by atoms with van der Waals surface area (Å²) in [6.45, 7) is 5.17. The van der Waals surface area contributed by atoms with Gasteiger partial charge in [-0.3, -0.25) is 0 Å². The van der Waals surface area contributed by atoms with E-state index in [9.17, 15) is 30.6 Å². The van der Waals surface area contributed by atoms with E-state index in [1.165, 1.54) is 0 Å². The lowest BCUT2D eigenvalue weighted by molar-refractivity contribution is -0.330. The van der Waals surface area contributed by atoms with E-state index >= 15 is 0 Å². The summed E-state index contributed by atoms with van der Waals surface area (Å²) in [7, 11) is 0. The van der Waals surface area contributed by atoms with Crippen LogP contribution in [-0.4, -0.2) is 98.5 Å². The highest BCUT2D eigenvalue weighted by molar-refractivity contribution is 5.18. The van der Waals surface area contributed by atoms with E-state index < -0.39 is 66.6 Å². The summed E-state index contributed by atoms with van der Waals surface area (Å²) in [5, 5.41) is 60.0. The van der Waals surface area contributed by atoms with Crippen molar-refractivity contribution in [3.8, 4) is 0 Å². The predicted molar refractivity (Wildman–Crippen MR) is 96.0 cm³/mol. The molecule has 2 heterocycles. The van der Waals surface area contributed by atoms with Crippen LogP contribution in [0.3, 0.4) is 0 Å². The van der Waals surface area contributed by atoms with Gasteiger partial charge in [0.15, 0.2) is 6.29 Å². The second-order valence-electron chi connectivity index (χ2n) is 8.74. The first kappa shape index (κ1) is 22.1. The zero-order chi connectivity index (χ0) is 20.9. The zero-order valence-corrected chi connectivity index (χ0v) is 16.4. The minimum absolute atomic E-state index is 0.173. The normalized spacial score (nSPS) is 52.9. The van der Waals surface area contributed by atoms with Gasteiger partial charge in [0, 0.05) is 17.8 Å². The van der Waals surface area contributed by atoms with Crippen molar-refractivity contribution in [1.29, 1.82) is 0 Å². The molecule has 11 atom stereocenters. The SMILES string of the molecule is C[C@@H](O)/C=C/C1[C@@]2(C)C[C@@H](O)[C@H](O[C@@H]3O[C@H](CO)[C@@H](O)[C@H](O)[C@H]3O)[C@]1(C)CO2. The van der Waals surface area contributed by atoms with Gasteiger partial charge in [-0.2, -0.15) is 0 Å². The molecule has 0 aromatic heterocycles. The van der Waals surface area contributed by atoms with Gasteiger partial charge in [-0.05, 0) is 13.8 Å². The van der Waals surface area contributed by atoms with Gasteiger partial charge in [0.1, 0.15) is 24.4 Å². The van der Waals surface area contributed by atoms with Crippen molar-refractivity contribution in [1.82, 2.24) is 0 Å². The third-order valence-electron chi connectivity index (χ3n) is 6.41. The Kier molecular flexibility index (Phi) is 6.23. The first-order chi connectivity index (χ1) is 13.0. The fourth-order valence-corrected chi connectivity index (χ4v) is 4.87. The number of aliphatic hydroxyl groups is 6. The monoisotopic (exact) mass is 404 g/mol. The summed E-state index contributed by atoms with van der Waals surface area (Å²) in [5.74, 6) is -0.173. The predicted octanol–water partition coefficient (Wildman–Crippen LogP) is -1.72. The molecule has 0 amide bonds. The third-order valence-corrected chi connectivity index (χ3v) is 6.41. The number of fused-ring (bicyclic) bond motifs is 2. The molecule has 0 aromatic carbocycles. The van der Waals surface area contributed by atoms with Gasteiger partial charge in [0.05, 0.1) is 37.1 Å². The minimum atomic E-state index is -1.56. The Morgan fingerprint density at radius 3 is 2.43 bits per heavy atom. The molecule has 162 valence electrons. The highest BCUT2D eigenvalue weighted by atomic mass is 16.7. The van der Waals surface area contributed by atoms with Gasteiger partial charge < -0.3 is 44.8 Å². The standard InChI is InChI=1S/C19H32O9/c1-9(21)4-5-12-18(2)8-26-19(12,3)6-10(22)16(18)28-17-15(25)14(24)13(23)11(7-20)27-17/h4-5,9-17,20-25H,6-8H2,1-3H3/b5-4+/t9-,10-,11-,12?,13-,14+,15-,16+,17+,18-,19-/m1/s1. The Labute approximate surface area is 164 Å². The highest BCUT2D eigenvalue weighted by Crippen LogP contribution is 2.56. The molecule has 3 fully saturated rings. The Morgan fingerprint density at radius 2 is 1.82 bits per heavy atom. The van der Waals surface area contributed by atoms with Crippen molar-refractivity contribution in [2.75, 3.05) is 13.2 Å². The molecule has 2 saturated heterocycles. The van der Waals surface area contributed by atoms with Crippen molar-refractivity contribution in [2.24, 2.45) is 11.3 Å². The molecule has 3 aliphatic rings. The van der Waals surface area contributed by atoms with Crippen LogP contribution in [0.1, 0.15) is 27.2 Å². The van der Waals surface area contributed by atoms with E-state index in [1.54, 1.807) is 13.0 Å². The average molecular weight is 404 g/mol. The van der Waals surface area contributed by atoms with Crippen molar-refractivity contribution in [3.63, 3.8) is 0 Å². The minimum Gasteiger partial charge on any atom is -0.394 e. The first-order valence-electron chi connectivity index (χ1n) is 9.68. The van der Waals surface area contributed by atoms with Crippen LogP contribution in [0.5, 0.6) is 0 Å². The van der Waals surface area contributed by atoms with Crippen LogP contribution in [0.4, 0.5) is 0 Å². The number of hydrogen-bond acceptors (Lipinski definition) is 9. The van der Waals surface area contributed by atoms with Crippen LogP contribution < -0.4 is 0 Å². The molecule has 2 aliphatic heterocycles. The van der Waals surface area contributed by atoms with E-state index in [0.717, 1.165) is 0 Å². The van der Waals surface area contributed by atoms with Crippen LogP contribution in [0.2, 0.25) is 0 Å². The average Bonchev–Trinajstić information content (AvgIpc) is 2.82. The number of rotatable bonds is 5. The molecule has 6 N–H and O–H groups in total. The molecule has 9 heteroatoms. The summed E-state index contributed by atoms with van der Waals surface area (Å²) in [6, 6.07) is 0. The second-order valence-corrected chi connectivity index (χ2v) is 8.74. The van der Waals surface area contributed by atoms with E-state index in [2.05, 4.69) is 0 Å². The fraction of sp³-hybridized carbons (Fsp3) is 0.895. The lowest BCUT2D eigenvalue weighted by Gasteiger charge is -2.50. The molecule has 0 spiro atoms. The van der Waals surface area contributed by atoms with Crippen molar-refractivity contribution in [3.05, 3.63) is 12.2 Å². The largest absolute Gasteiger partial charge is 0.394 e. The van der Waals surface area contributed by atoms with Gasteiger partial charge in [-0.1, -0.05) is 19.1 Å². The van der Waals surface area contributed by atoms with E-state index in [-0.39, 0.29) is 18.9 Å². The van der Waals surface area contributed by atoms with Crippen molar-refractivity contribution < 1.29 is 44.8 Å². The molecule has 1 unspecified atom stereocenters. The molecule has 28 heavy (non-hydrogen) atoms. The molecule has 1 aliphatic carbocycles. The maximum atomic E-state index is 10.8. The number of ether oxygens (including phenoxy) is 3. The zero-order valence-electron chi connectivity index (χ0n) is 16.4. The summed E-state index contributed by atoms with van der Waals surface area (Å²) < 4.78 is 17.4.